The number of nitrogens with one attached hydrogen (secondary N) is 1. The zero-order chi connectivity index (χ0) is 22.6. The Kier molecular flexibility index (Phi) is 4.91. The fourth-order valence-electron chi connectivity index (χ4n) is 4.70. The van der Waals surface area contributed by atoms with Gasteiger partial charge in [0.25, 0.3) is 5.56 Å². The number of carbonyl (C=O) groups excluding carboxylic acids is 1. The van der Waals surface area contributed by atoms with E-state index in [4.69, 9.17) is 9.72 Å². The molecule has 5 rings (SSSR count). The Morgan fingerprint density at radius 3 is 2.81 bits per heavy atom. The summed E-state index contributed by atoms with van der Waals surface area (Å²) in [5, 5.41) is 15.4. The molecule has 32 heavy (non-hydrogen) atoms. The third-order valence-electron chi connectivity index (χ3n) is 6.54. The number of aliphatic hydroxyl groups is 1. The van der Waals surface area contributed by atoms with Gasteiger partial charge in [0, 0.05) is 22.6 Å². The van der Waals surface area contributed by atoms with Gasteiger partial charge in [0.15, 0.2) is 5.60 Å². The molecule has 3 aromatic rings. The van der Waals surface area contributed by atoms with Gasteiger partial charge in [0.2, 0.25) is 0 Å². The van der Waals surface area contributed by atoms with Gasteiger partial charge < -0.3 is 19.7 Å². The van der Waals surface area contributed by atoms with E-state index in [0.717, 1.165) is 35.1 Å². The summed E-state index contributed by atoms with van der Waals surface area (Å²) in [7, 11) is 0. The molecule has 2 aromatic heterocycles. The summed E-state index contributed by atoms with van der Waals surface area (Å²) in [6, 6.07) is 10.6. The van der Waals surface area contributed by atoms with Crippen molar-refractivity contribution in [3.8, 4) is 11.4 Å². The maximum absolute atomic E-state index is 13.2. The first-order valence-corrected chi connectivity index (χ1v) is 11.1. The van der Waals surface area contributed by atoms with E-state index < -0.39 is 11.6 Å². The van der Waals surface area contributed by atoms with Gasteiger partial charge in [-0.25, -0.2) is 9.78 Å². The molecule has 2 N–H and O–H groups in total. The van der Waals surface area contributed by atoms with Crippen molar-refractivity contribution in [1.82, 2.24) is 14.9 Å². The number of ether oxygens (including phenoxy) is 1. The van der Waals surface area contributed by atoms with Crippen LogP contribution in [0.1, 0.15) is 49.4 Å². The molecular weight excluding hydrogens is 406 g/mol. The number of rotatable bonds is 5. The molecule has 7 nitrogen and oxygen atoms in total. The molecular formula is C25H27N3O4. The maximum Gasteiger partial charge on any atom is 0.343 e. The Balaban J connectivity index is 1.58. The molecule has 1 aromatic carbocycles. The van der Waals surface area contributed by atoms with Gasteiger partial charge in [-0.1, -0.05) is 26.8 Å². The van der Waals surface area contributed by atoms with E-state index in [2.05, 4.69) is 37.4 Å². The monoisotopic (exact) mass is 433 g/mol. The quantitative estimate of drug-likeness (QED) is 0.470. The van der Waals surface area contributed by atoms with Crippen molar-refractivity contribution in [2.45, 2.75) is 58.4 Å². The second-order valence-corrected chi connectivity index (χ2v) is 8.99. The van der Waals surface area contributed by atoms with Crippen molar-refractivity contribution in [2.24, 2.45) is 0 Å². The topological polar surface area (TPSA) is 93.5 Å². The van der Waals surface area contributed by atoms with Crippen LogP contribution in [0.4, 0.5) is 0 Å². The first-order valence-electron chi connectivity index (χ1n) is 11.1. The number of carbonyl (C=O) groups is 1. The van der Waals surface area contributed by atoms with Crippen LogP contribution in [0.2, 0.25) is 0 Å². The first-order chi connectivity index (χ1) is 15.3. The molecule has 0 spiro atoms. The Morgan fingerprint density at radius 2 is 2.06 bits per heavy atom. The largest absolute Gasteiger partial charge is 0.458 e. The third kappa shape index (κ3) is 3.15. The normalized spacial score (nSPS) is 19.1. The van der Waals surface area contributed by atoms with E-state index >= 15 is 0 Å². The van der Waals surface area contributed by atoms with Crippen LogP contribution in [-0.4, -0.2) is 33.2 Å². The van der Waals surface area contributed by atoms with Crippen LogP contribution in [-0.2, 0) is 34.7 Å². The Labute approximate surface area is 186 Å². The second-order valence-electron chi connectivity index (χ2n) is 8.99. The van der Waals surface area contributed by atoms with E-state index in [1.165, 1.54) is 5.56 Å². The molecule has 0 bridgehead atoms. The number of hydrogen-bond acceptors (Lipinski definition) is 6. The van der Waals surface area contributed by atoms with Gasteiger partial charge in [0.1, 0.15) is 6.61 Å². The standard InChI is InChI=1S/C25H27N3O4/c1-4-25(31)19-11-21-22-17(12-28(21)23(29)18(19)13-32-24(25)30)10-16-9-15(5-6-20(16)27-22)7-8-26-14(2)3/h5-6,9-11,14,26,31H,4,7-8,12-13H2,1-3H3/t25-/m0/s1. The molecule has 4 heterocycles. The van der Waals surface area contributed by atoms with Gasteiger partial charge in [0.05, 0.1) is 29.0 Å². The highest BCUT2D eigenvalue weighted by Crippen LogP contribution is 2.38. The number of fused-ring (bicyclic) bond motifs is 5. The lowest BCUT2D eigenvalue weighted by Crippen LogP contribution is -2.44. The van der Waals surface area contributed by atoms with Crippen molar-refractivity contribution in [3.05, 3.63) is 62.9 Å². The summed E-state index contributed by atoms with van der Waals surface area (Å²) in [4.78, 5) is 30.4. The van der Waals surface area contributed by atoms with Crippen molar-refractivity contribution in [1.29, 1.82) is 0 Å². The molecule has 0 saturated heterocycles. The Hall–Kier alpha value is -3.03. The number of hydrogen-bond donors (Lipinski definition) is 2. The van der Waals surface area contributed by atoms with Gasteiger partial charge >= 0.3 is 5.97 Å². The molecule has 0 aliphatic carbocycles. The van der Waals surface area contributed by atoms with Crippen molar-refractivity contribution in [2.75, 3.05) is 6.54 Å². The number of pyridine rings is 2. The van der Waals surface area contributed by atoms with Crippen LogP contribution in [0, 0.1) is 0 Å². The van der Waals surface area contributed by atoms with Gasteiger partial charge in [-0.3, -0.25) is 4.79 Å². The summed E-state index contributed by atoms with van der Waals surface area (Å²) in [6.07, 6.45) is 1.06. The summed E-state index contributed by atoms with van der Waals surface area (Å²) >= 11 is 0. The number of benzene rings is 1. The molecule has 7 heteroatoms. The van der Waals surface area contributed by atoms with E-state index in [-0.39, 0.29) is 18.6 Å². The molecule has 1 atom stereocenters. The molecule has 2 aliphatic rings. The lowest BCUT2D eigenvalue weighted by molar-refractivity contribution is -0.172. The van der Waals surface area contributed by atoms with Gasteiger partial charge in [-0.15, -0.1) is 0 Å². The molecule has 0 unspecified atom stereocenters. The van der Waals surface area contributed by atoms with Crippen molar-refractivity contribution < 1.29 is 14.6 Å². The first kappa shape index (κ1) is 20.8. The van der Waals surface area contributed by atoms with Crippen molar-refractivity contribution >= 4 is 16.9 Å². The fraction of sp³-hybridized carbons (Fsp3) is 0.400. The van der Waals surface area contributed by atoms with Crippen LogP contribution < -0.4 is 10.9 Å². The van der Waals surface area contributed by atoms with Gasteiger partial charge in [-0.2, -0.15) is 0 Å². The Morgan fingerprint density at radius 1 is 1.25 bits per heavy atom. The number of cyclic esters (lactones) is 1. The predicted octanol–water partition coefficient (Wildman–Crippen LogP) is 2.62. The van der Waals surface area contributed by atoms with Crippen LogP contribution in [0.5, 0.6) is 0 Å². The number of nitrogens with zero attached hydrogens (tertiary/aromatic N) is 2. The second kappa shape index (κ2) is 7.53. The maximum atomic E-state index is 13.2. The van der Waals surface area contributed by atoms with Crippen LogP contribution in [0.25, 0.3) is 22.3 Å². The highest BCUT2D eigenvalue weighted by molar-refractivity contribution is 5.86. The van der Waals surface area contributed by atoms with Crippen LogP contribution >= 0.6 is 0 Å². The zero-order valence-corrected chi connectivity index (χ0v) is 18.6. The van der Waals surface area contributed by atoms with Crippen LogP contribution in [0.3, 0.4) is 0 Å². The minimum Gasteiger partial charge on any atom is -0.458 e. The SMILES string of the molecule is CC[C@@]1(O)C(=O)OCc2c1cc1n(c2=O)Cc2cc3cc(CCNC(C)C)ccc3nc2-1. The lowest BCUT2D eigenvalue weighted by atomic mass is 9.86. The minimum absolute atomic E-state index is 0.116. The molecule has 0 amide bonds. The average Bonchev–Trinajstić information content (AvgIpc) is 3.12. The predicted molar refractivity (Wildman–Crippen MR) is 121 cm³/mol. The lowest BCUT2D eigenvalue weighted by Gasteiger charge is -2.31. The average molecular weight is 434 g/mol. The fourth-order valence-corrected chi connectivity index (χ4v) is 4.70. The molecule has 0 fully saturated rings. The number of aromatic nitrogens is 2. The van der Waals surface area contributed by atoms with E-state index in [9.17, 15) is 14.7 Å². The third-order valence-corrected chi connectivity index (χ3v) is 6.54. The molecule has 2 aliphatic heterocycles. The summed E-state index contributed by atoms with van der Waals surface area (Å²) < 4.78 is 6.79. The van der Waals surface area contributed by atoms with E-state index in [1.807, 2.05) is 6.07 Å². The van der Waals surface area contributed by atoms with Crippen LogP contribution in [0.15, 0.2) is 35.1 Å². The number of esters is 1. The zero-order valence-electron chi connectivity index (χ0n) is 18.6. The minimum atomic E-state index is -1.80. The molecule has 166 valence electrons. The summed E-state index contributed by atoms with van der Waals surface area (Å²) in [5.74, 6) is -0.707. The van der Waals surface area contributed by atoms with E-state index in [1.54, 1.807) is 17.6 Å². The molecule has 0 radical (unpaired) electrons. The highest BCUT2D eigenvalue weighted by Gasteiger charge is 2.45. The summed E-state index contributed by atoms with van der Waals surface area (Å²) in [5.41, 5.74) is 3.06. The Bertz CT molecular complexity index is 1310. The smallest absolute Gasteiger partial charge is 0.343 e. The highest BCUT2D eigenvalue weighted by atomic mass is 16.6. The van der Waals surface area contributed by atoms with Crippen molar-refractivity contribution in [3.63, 3.8) is 0 Å². The van der Waals surface area contributed by atoms with Gasteiger partial charge in [-0.05, 0) is 49.2 Å². The molecule has 0 saturated carbocycles. The van der Waals surface area contributed by atoms with E-state index in [0.29, 0.717) is 29.4 Å². The summed E-state index contributed by atoms with van der Waals surface area (Å²) in [6.45, 7) is 7.18.